The van der Waals surface area contributed by atoms with Gasteiger partial charge in [0.2, 0.25) is 0 Å². The van der Waals surface area contributed by atoms with Crippen LogP contribution < -0.4 is 0 Å². The minimum atomic E-state index is -1.65. The number of rotatable bonds is 3. The number of allylic oxidation sites excluding steroid dienone is 4. The van der Waals surface area contributed by atoms with Crippen LogP contribution in [0.4, 0.5) is 0 Å². The van der Waals surface area contributed by atoms with Crippen LogP contribution in [0.1, 0.15) is 25.7 Å². The van der Waals surface area contributed by atoms with Crippen LogP contribution in [0.3, 0.4) is 0 Å². The summed E-state index contributed by atoms with van der Waals surface area (Å²) in [7, 11) is -0.964. The molecule has 0 radical (unpaired) electrons. The Hall–Kier alpha value is 0.411. The van der Waals surface area contributed by atoms with Crippen molar-refractivity contribution in [1.82, 2.24) is 0 Å². The van der Waals surface area contributed by atoms with Crippen LogP contribution in [0, 0.1) is 5.92 Å². The molecule has 0 amide bonds. The van der Waals surface area contributed by atoms with Crippen molar-refractivity contribution >= 4 is 8.07 Å². The van der Waals surface area contributed by atoms with E-state index in [9.17, 15) is 0 Å². The van der Waals surface area contributed by atoms with E-state index in [2.05, 4.69) is 41.4 Å². The van der Waals surface area contributed by atoms with E-state index in [1.807, 2.05) is 9.45 Å². The van der Waals surface area contributed by atoms with Gasteiger partial charge in [0.15, 0.2) is 0 Å². The molecule has 2 heteroatoms. The van der Waals surface area contributed by atoms with Gasteiger partial charge in [0, 0.05) is 0 Å². The van der Waals surface area contributed by atoms with Crippen molar-refractivity contribution < 1.29 is 16.6 Å². The van der Waals surface area contributed by atoms with Crippen LogP contribution in [0.2, 0.25) is 41.4 Å². The zero-order valence-corrected chi connectivity index (χ0v) is 15.8. The quantitative estimate of drug-likeness (QED) is 0.560. The molecular formula is C16H30SiTi. The van der Waals surface area contributed by atoms with Crippen molar-refractivity contribution in [2.75, 3.05) is 0 Å². The monoisotopic (exact) mass is 298 g/mol. The van der Waals surface area contributed by atoms with Gasteiger partial charge in [-0.25, -0.2) is 0 Å². The van der Waals surface area contributed by atoms with E-state index in [4.69, 9.17) is 0 Å². The second-order valence-electron chi connectivity index (χ2n) is 8.42. The van der Waals surface area contributed by atoms with E-state index in [1.165, 1.54) is 31.7 Å². The molecule has 2 aliphatic carbocycles. The SMILES string of the molecule is C[Si](C)(C)CC1[C]([Ti]([CH3])([CH3])[CH3])=CC2=C1CCCC2. The Bertz CT molecular complexity index is 390. The first-order valence-electron chi connectivity index (χ1n) is 7.62. The Morgan fingerprint density at radius 3 is 2.28 bits per heavy atom. The Kier molecular flexibility index (Phi) is 4.17. The van der Waals surface area contributed by atoms with Crippen molar-refractivity contribution in [1.29, 1.82) is 0 Å². The summed E-state index contributed by atoms with van der Waals surface area (Å²) in [6.45, 7) is 7.63. The van der Waals surface area contributed by atoms with Gasteiger partial charge >= 0.3 is 119 Å². The second kappa shape index (κ2) is 5.07. The van der Waals surface area contributed by atoms with E-state index in [-0.39, 0.29) is 0 Å². The average molecular weight is 298 g/mol. The van der Waals surface area contributed by atoms with Gasteiger partial charge in [-0.3, -0.25) is 0 Å². The summed E-state index contributed by atoms with van der Waals surface area (Å²) in [5.41, 5.74) is 3.64. The molecule has 0 aromatic rings. The van der Waals surface area contributed by atoms with Crippen LogP contribution in [0.5, 0.6) is 0 Å². The topological polar surface area (TPSA) is 0 Å². The third-order valence-corrected chi connectivity index (χ3v) is 9.47. The Labute approximate surface area is 118 Å². The molecule has 0 N–H and O–H groups in total. The normalized spacial score (nSPS) is 25.2. The van der Waals surface area contributed by atoms with Gasteiger partial charge in [-0.05, 0) is 0 Å². The van der Waals surface area contributed by atoms with Crippen LogP contribution in [-0.4, -0.2) is 8.07 Å². The van der Waals surface area contributed by atoms with Gasteiger partial charge in [0.05, 0.1) is 0 Å². The van der Waals surface area contributed by atoms with Gasteiger partial charge in [0.25, 0.3) is 0 Å². The first-order chi connectivity index (χ1) is 8.18. The molecule has 0 fully saturated rings. The third-order valence-electron chi connectivity index (χ3n) is 4.36. The zero-order chi connectivity index (χ0) is 13.6. The van der Waals surface area contributed by atoms with E-state index >= 15 is 0 Å². The predicted molar refractivity (Wildman–Crippen MR) is 82.8 cm³/mol. The summed E-state index contributed by atoms with van der Waals surface area (Å²) in [6.07, 6.45) is 8.32. The van der Waals surface area contributed by atoms with Gasteiger partial charge < -0.3 is 0 Å². The molecule has 2 rings (SSSR count). The molecule has 0 aromatic carbocycles. The molecule has 0 saturated heterocycles. The van der Waals surface area contributed by atoms with E-state index in [0.29, 0.717) is 0 Å². The van der Waals surface area contributed by atoms with Gasteiger partial charge in [-0.1, -0.05) is 0 Å². The third kappa shape index (κ3) is 3.29. The van der Waals surface area contributed by atoms with Crippen molar-refractivity contribution in [3.05, 3.63) is 21.1 Å². The number of hydrogen-bond donors (Lipinski definition) is 0. The molecule has 2 aliphatic rings. The summed E-state index contributed by atoms with van der Waals surface area (Å²) >= 11 is -1.65. The van der Waals surface area contributed by atoms with Crippen molar-refractivity contribution in [2.24, 2.45) is 5.92 Å². The molecule has 0 aromatic heterocycles. The predicted octanol–water partition coefficient (Wildman–Crippen LogP) is 6.01. The summed E-state index contributed by atoms with van der Waals surface area (Å²) in [5, 5.41) is 7.75. The van der Waals surface area contributed by atoms with E-state index in [0.717, 1.165) is 5.92 Å². The molecule has 0 nitrogen and oxygen atoms in total. The van der Waals surface area contributed by atoms with Crippen LogP contribution in [-0.2, 0) is 16.6 Å². The van der Waals surface area contributed by atoms with Gasteiger partial charge in [0.1, 0.15) is 0 Å². The first-order valence-corrected chi connectivity index (χ1v) is 16.8. The Morgan fingerprint density at radius 2 is 1.72 bits per heavy atom. The molecule has 0 saturated carbocycles. The van der Waals surface area contributed by atoms with Crippen LogP contribution in [0.15, 0.2) is 21.1 Å². The molecule has 102 valence electrons. The average Bonchev–Trinajstić information content (AvgIpc) is 2.55. The molecule has 0 spiro atoms. The minimum absolute atomic E-state index is 0.881. The zero-order valence-electron chi connectivity index (χ0n) is 13.2. The summed E-state index contributed by atoms with van der Waals surface area (Å²) in [5.74, 6) is 0.881. The fraction of sp³-hybridized carbons (Fsp3) is 0.750. The molecule has 0 aliphatic heterocycles. The Morgan fingerprint density at radius 1 is 1.11 bits per heavy atom. The fourth-order valence-corrected chi connectivity index (χ4v) is 8.60. The van der Waals surface area contributed by atoms with Gasteiger partial charge in [-0.15, -0.1) is 0 Å². The van der Waals surface area contributed by atoms with Crippen molar-refractivity contribution in [2.45, 2.75) is 67.1 Å². The fourth-order valence-electron chi connectivity index (χ4n) is 3.58. The number of hydrogen-bond acceptors (Lipinski definition) is 0. The molecule has 0 bridgehead atoms. The van der Waals surface area contributed by atoms with Crippen molar-refractivity contribution in [3.8, 4) is 0 Å². The second-order valence-corrected chi connectivity index (χ2v) is 21.9. The maximum absolute atomic E-state index is 2.67. The standard InChI is InChI=1S/C13H21Si.3CH3.Ti/c1-14(2,3)10-12-9-8-11-6-4-5-7-13(11)12;;;;/h8,12H,4-7,10H2,1-3H3;3*1H3;. The first kappa shape index (κ1) is 14.8. The van der Waals surface area contributed by atoms with Crippen LogP contribution in [0.25, 0.3) is 0 Å². The molecule has 1 atom stereocenters. The van der Waals surface area contributed by atoms with E-state index < -0.39 is 24.7 Å². The molecule has 18 heavy (non-hydrogen) atoms. The maximum atomic E-state index is 2.67. The summed E-state index contributed by atoms with van der Waals surface area (Å²) in [4.78, 5) is 0. The van der Waals surface area contributed by atoms with Crippen molar-refractivity contribution in [3.63, 3.8) is 0 Å². The molecular weight excluding hydrogens is 268 g/mol. The van der Waals surface area contributed by atoms with E-state index in [1.54, 1.807) is 5.57 Å². The Balaban J connectivity index is 2.31. The molecule has 1 unspecified atom stereocenters. The van der Waals surface area contributed by atoms with Gasteiger partial charge in [-0.2, -0.15) is 0 Å². The molecule has 0 heterocycles. The van der Waals surface area contributed by atoms with Crippen LogP contribution >= 0.6 is 0 Å². The summed E-state index contributed by atoms with van der Waals surface area (Å²) < 4.78 is 1.92. The summed E-state index contributed by atoms with van der Waals surface area (Å²) in [6, 6.07) is 1.50.